The van der Waals surface area contributed by atoms with Crippen LogP contribution < -0.4 is 30.3 Å². The molecule has 3 rings (SSSR count). The summed E-state index contributed by atoms with van der Waals surface area (Å²) in [4.78, 5) is 36.1. The first-order valence-corrected chi connectivity index (χ1v) is 12.8. The lowest BCUT2D eigenvalue weighted by atomic mass is 10.1. The van der Waals surface area contributed by atoms with Gasteiger partial charge in [-0.15, -0.1) is 0 Å². The minimum atomic E-state index is -0.530. The van der Waals surface area contributed by atoms with Crippen molar-refractivity contribution < 1.29 is 28.6 Å². The zero-order valence-corrected chi connectivity index (χ0v) is 22.6. The third kappa shape index (κ3) is 10.5. The smallest absolute Gasteiger partial charge is 0.257 e. The van der Waals surface area contributed by atoms with Crippen LogP contribution in [0.25, 0.3) is 0 Å². The first-order chi connectivity index (χ1) is 19.5. The molecule has 210 valence electrons. The summed E-state index contributed by atoms with van der Waals surface area (Å²) in [6, 6.07) is 22.3. The highest BCUT2D eigenvalue weighted by molar-refractivity contribution is 5.97. The van der Waals surface area contributed by atoms with Gasteiger partial charge in [-0.2, -0.15) is 5.10 Å². The predicted molar refractivity (Wildman–Crippen MR) is 152 cm³/mol. The number of amides is 3. The van der Waals surface area contributed by atoms with E-state index in [4.69, 9.17) is 14.2 Å². The van der Waals surface area contributed by atoms with Crippen molar-refractivity contribution in [3.05, 3.63) is 89.5 Å². The highest BCUT2D eigenvalue weighted by Crippen LogP contribution is 2.27. The van der Waals surface area contributed by atoms with E-state index in [2.05, 4.69) is 21.2 Å². The molecule has 40 heavy (non-hydrogen) atoms. The van der Waals surface area contributed by atoms with Crippen molar-refractivity contribution in [3.8, 4) is 17.2 Å². The van der Waals surface area contributed by atoms with Crippen LogP contribution in [0.15, 0.2) is 77.9 Å². The molecule has 10 nitrogen and oxygen atoms in total. The van der Waals surface area contributed by atoms with Gasteiger partial charge in [-0.3, -0.25) is 14.4 Å². The number of hydrazone groups is 1. The molecule has 0 heterocycles. The molecule has 0 fully saturated rings. The number of ether oxygens (including phenoxy) is 3. The van der Waals surface area contributed by atoms with E-state index in [0.717, 1.165) is 17.5 Å². The Kier molecular flexibility index (Phi) is 12.0. The van der Waals surface area contributed by atoms with Crippen LogP contribution in [0.4, 0.5) is 0 Å². The average molecular weight is 547 g/mol. The number of carbonyl (C=O) groups is 3. The zero-order chi connectivity index (χ0) is 28.6. The molecule has 0 aliphatic carbocycles. The van der Waals surface area contributed by atoms with Gasteiger partial charge in [0.25, 0.3) is 5.91 Å². The van der Waals surface area contributed by atoms with Gasteiger partial charge < -0.3 is 24.8 Å². The molecule has 0 aromatic heterocycles. The van der Waals surface area contributed by atoms with E-state index in [-0.39, 0.29) is 18.9 Å². The molecule has 0 radical (unpaired) electrons. The summed E-state index contributed by atoms with van der Waals surface area (Å²) in [5, 5.41) is 9.43. The third-order valence-corrected chi connectivity index (χ3v) is 5.74. The summed E-state index contributed by atoms with van der Waals surface area (Å²) in [6.07, 6.45) is 2.43. The highest BCUT2D eigenvalue weighted by atomic mass is 16.5. The fraction of sp³-hybridized carbons (Fsp3) is 0.267. The van der Waals surface area contributed by atoms with Crippen molar-refractivity contribution >= 4 is 23.9 Å². The van der Waals surface area contributed by atoms with E-state index in [9.17, 15) is 14.4 Å². The summed E-state index contributed by atoms with van der Waals surface area (Å²) < 4.78 is 16.0. The van der Waals surface area contributed by atoms with Crippen molar-refractivity contribution in [2.24, 2.45) is 5.10 Å². The molecule has 0 saturated carbocycles. The van der Waals surface area contributed by atoms with E-state index in [1.807, 2.05) is 42.5 Å². The molecule has 10 heteroatoms. The lowest BCUT2D eigenvalue weighted by Gasteiger charge is -2.10. The van der Waals surface area contributed by atoms with Gasteiger partial charge in [0.2, 0.25) is 11.8 Å². The lowest BCUT2D eigenvalue weighted by Crippen LogP contribution is -2.31. The van der Waals surface area contributed by atoms with Crippen molar-refractivity contribution in [2.45, 2.75) is 19.3 Å². The summed E-state index contributed by atoms with van der Waals surface area (Å²) >= 11 is 0. The maximum absolute atomic E-state index is 12.1. The third-order valence-electron chi connectivity index (χ3n) is 5.74. The number of hydrogen-bond donors (Lipinski definition) is 3. The second-order valence-corrected chi connectivity index (χ2v) is 8.70. The van der Waals surface area contributed by atoms with E-state index in [1.54, 1.807) is 44.6 Å². The van der Waals surface area contributed by atoms with E-state index in [1.165, 1.54) is 6.21 Å². The Balaban J connectivity index is 1.30. The van der Waals surface area contributed by atoms with E-state index < -0.39 is 11.8 Å². The Morgan fingerprint density at radius 1 is 0.750 bits per heavy atom. The molecule has 3 aromatic rings. The Morgan fingerprint density at radius 2 is 1.43 bits per heavy atom. The van der Waals surface area contributed by atoms with Crippen LogP contribution >= 0.6 is 0 Å². The van der Waals surface area contributed by atoms with Gasteiger partial charge in [0.05, 0.1) is 20.4 Å². The monoisotopic (exact) mass is 546 g/mol. The van der Waals surface area contributed by atoms with Crippen LogP contribution in [-0.4, -0.2) is 57.9 Å². The molecule has 3 amide bonds. The highest BCUT2D eigenvalue weighted by Gasteiger charge is 2.09. The van der Waals surface area contributed by atoms with Gasteiger partial charge in [-0.25, -0.2) is 5.43 Å². The number of carbonyl (C=O) groups excluding carboxylic acids is 3. The van der Waals surface area contributed by atoms with Gasteiger partial charge in [-0.05, 0) is 65.9 Å². The number of nitrogens with zero attached hydrogens (tertiary/aromatic N) is 1. The maximum Gasteiger partial charge on any atom is 0.257 e. The quantitative estimate of drug-likeness (QED) is 0.153. The van der Waals surface area contributed by atoms with E-state index in [0.29, 0.717) is 42.3 Å². The van der Waals surface area contributed by atoms with Crippen LogP contribution in [0.2, 0.25) is 0 Å². The fourth-order valence-corrected chi connectivity index (χ4v) is 3.65. The Labute approximate surface area is 233 Å². The fourth-order valence-electron chi connectivity index (χ4n) is 3.65. The van der Waals surface area contributed by atoms with Crippen LogP contribution in [0.3, 0.4) is 0 Å². The molecule has 3 aromatic carbocycles. The second-order valence-electron chi connectivity index (χ2n) is 8.70. The van der Waals surface area contributed by atoms with Crippen LogP contribution in [0.1, 0.15) is 23.1 Å². The predicted octanol–water partition coefficient (Wildman–Crippen LogP) is 2.64. The van der Waals surface area contributed by atoms with Crippen molar-refractivity contribution in [3.63, 3.8) is 0 Å². The van der Waals surface area contributed by atoms with Gasteiger partial charge in [0.1, 0.15) is 12.2 Å². The van der Waals surface area contributed by atoms with Crippen molar-refractivity contribution in [2.75, 3.05) is 33.9 Å². The van der Waals surface area contributed by atoms with Crippen molar-refractivity contribution in [1.29, 1.82) is 0 Å². The van der Waals surface area contributed by atoms with Crippen LogP contribution in [-0.2, 0) is 27.2 Å². The lowest BCUT2D eigenvalue weighted by molar-refractivity contribution is -0.129. The summed E-state index contributed by atoms with van der Waals surface area (Å²) in [5.41, 5.74) is 5.17. The molecule has 0 spiro atoms. The summed E-state index contributed by atoms with van der Waals surface area (Å²) in [6.45, 7) is 0.817. The SMILES string of the molecule is COc1ccc(CCNC(=O)CC(=O)N/N=C/c2ccc(OCC(=O)NCCc3ccccc3)cc2)cc1OC. The Hall–Kier alpha value is -4.86. The summed E-state index contributed by atoms with van der Waals surface area (Å²) in [5.74, 6) is 0.644. The summed E-state index contributed by atoms with van der Waals surface area (Å²) in [7, 11) is 3.13. The topological polar surface area (TPSA) is 127 Å². The standard InChI is InChI=1S/C30H34N4O6/c1-38-26-13-10-23(18-27(26)39-2)15-17-31-28(35)19-29(36)34-33-20-24-8-11-25(12-9-24)40-21-30(37)32-16-14-22-6-4-3-5-7-22/h3-13,18,20H,14-17,19,21H2,1-2H3,(H,31,35)(H,32,37)(H,34,36)/b33-20+. The minimum Gasteiger partial charge on any atom is -0.493 e. The first-order valence-electron chi connectivity index (χ1n) is 12.8. The number of nitrogens with one attached hydrogen (secondary N) is 3. The van der Waals surface area contributed by atoms with Gasteiger partial charge >= 0.3 is 0 Å². The molecule has 0 aliphatic heterocycles. The normalized spacial score (nSPS) is 10.6. The molecule has 0 aliphatic rings. The maximum atomic E-state index is 12.1. The molecular formula is C30H34N4O6. The molecule has 0 unspecified atom stereocenters. The molecule has 0 bridgehead atoms. The molecule has 0 saturated heterocycles. The van der Waals surface area contributed by atoms with E-state index >= 15 is 0 Å². The van der Waals surface area contributed by atoms with Gasteiger partial charge in [0, 0.05) is 13.1 Å². The van der Waals surface area contributed by atoms with Gasteiger partial charge in [-0.1, -0.05) is 36.4 Å². The second kappa shape index (κ2) is 16.2. The molecule has 0 atom stereocenters. The number of benzene rings is 3. The number of rotatable bonds is 15. The average Bonchev–Trinajstić information content (AvgIpc) is 2.97. The van der Waals surface area contributed by atoms with Gasteiger partial charge in [0.15, 0.2) is 18.1 Å². The van der Waals surface area contributed by atoms with Crippen LogP contribution in [0, 0.1) is 0 Å². The van der Waals surface area contributed by atoms with Crippen LogP contribution in [0.5, 0.6) is 17.2 Å². The zero-order valence-electron chi connectivity index (χ0n) is 22.6. The first kappa shape index (κ1) is 29.7. The molecule has 3 N–H and O–H groups in total. The Morgan fingerprint density at radius 3 is 2.12 bits per heavy atom. The molecular weight excluding hydrogens is 512 g/mol. The number of methoxy groups -OCH3 is 2. The van der Waals surface area contributed by atoms with Crippen molar-refractivity contribution in [1.82, 2.24) is 16.1 Å². The minimum absolute atomic E-state index is 0.0887. The Bertz CT molecular complexity index is 1280. The number of hydrogen-bond acceptors (Lipinski definition) is 7. The largest absolute Gasteiger partial charge is 0.493 e.